The Labute approximate surface area is 109 Å². The molecule has 2 unspecified atom stereocenters. The molecule has 100 valence electrons. The predicted octanol–water partition coefficient (Wildman–Crippen LogP) is 2.59. The van der Waals surface area contributed by atoms with Crippen LogP contribution in [0, 0.1) is 0 Å². The van der Waals surface area contributed by atoms with E-state index in [1.165, 1.54) is 32.1 Å². The van der Waals surface area contributed by atoms with Gasteiger partial charge in [0.25, 0.3) is 0 Å². The molecule has 0 aromatic carbocycles. The number of carbonyl (C=O) groups excluding carboxylic acids is 1. The predicted molar refractivity (Wildman–Crippen MR) is 73.4 cm³/mol. The second-order valence-electron chi connectivity index (χ2n) is 4.61. The molecule has 4 heteroatoms. The van der Waals surface area contributed by atoms with Crippen molar-refractivity contribution in [3.63, 3.8) is 0 Å². The SMILES string of the molecule is CCCCC(NCC1CCCCS1)C(=O)OC. The van der Waals surface area contributed by atoms with Crippen LogP contribution in [0.5, 0.6) is 0 Å². The molecule has 1 aliphatic rings. The lowest BCUT2D eigenvalue weighted by Crippen LogP contribution is -2.41. The molecule has 0 bridgehead atoms. The Balaban J connectivity index is 2.28. The molecule has 3 nitrogen and oxygen atoms in total. The molecule has 0 aliphatic carbocycles. The van der Waals surface area contributed by atoms with Crippen molar-refractivity contribution in [1.82, 2.24) is 5.32 Å². The number of hydrogen-bond acceptors (Lipinski definition) is 4. The molecule has 0 amide bonds. The van der Waals surface area contributed by atoms with Crippen molar-refractivity contribution < 1.29 is 9.53 Å². The van der Waals surface area contributed by atoms with Crippen LogP contribution in [-0.4, -0.2) is 36.7 Å². The highest BCUT2D eigenvalue weighted by molar-refractivity contribution is 7.99. The molecule has 0 aromatic heterocycles. The van der Waals surface area contributed by atoms with E-state index in [0.29, 0.717) is 5.25 Å². The van der Waals surface area contributed by atoms with Gasteiger partial charge < -0.3 is 10.1 Å². The third kappa shape index (κ3) is 5.77. The van der Waals surface area contributed by atoms with Crippen LogP contribution in [0.15, 0.2) is 0 Å². The van der Waals surface area contributed by atoms with E-state index in [9.17, 15) is 4.79 Å². The zero-order valence-corrected chi connectivity index (χ0v) is 11.9. The summed E-state index contributed by atoms with van der Waals surface area (Å²) in [4.78, 5) is 11.6. The minimum atomic E-state index is -0.112. The first kappa shape index (κ1) is 14.8. The van der Waals surface area contributed by atoms with Crippen molar-refractivity contribution in [2.45, 2.75) is 56.7 Å². The highest BCUT2D eigenvalue weighted by atomic mass is 32.2. The summed E-state index contributed by atoms with van der Waals surface area (Å²) in [5, 5.41) is 4.06. The van der Waals surface area contributed by atoms with Crippen LogP contribution in [0.25, 0.3) is 0 Å². The van der Waals surface area contributed by atoms with Gasteiger partial charge in [0, 0.05) is 11.8 Å². The largest absolute Gasteiger partial charge is 0.468 e. The lowest BCUT2D eigenvalue weighted by molar-refractivity contribution is -0.143. The maximum atomic E-state index is 11.6. The Kier molecular flexibility index (Phi) is 7.69. The maximum Gasteiger partial charge on any atom is 0.322 e. The van der Waals surface area contributed by atoms with Crippen molar-refractivity contribution in [2.75, 3.05) is 19.4 Å². The van der Waals surface area contributed by atoms with Gasteiger partial charge in [-0.2, -0.15) is 11.8 Å². The van der Waals surface area contributed by atoms with Crippen molar-refractivity contribution in [3.8, 4) is 0 Å². The summed E-state index contributed by atoms with van der Waals surface area (Å²) in [6.07, 6.45) is 7.03. The van der Waals surface area contributed by atoms with Gasteiger partial charge in [-0.15, -0.1) is 0 Å². The minimum absolute atomic E-state index is 0.109. The normalized spacial score (nSPS) is 22.1. The van der Waals surface area contributed by atoms with E-state index in [-0.39, 0.29) is 12.0 Å². The molecule has 1 rings (SSSR count). The second-order valence-corrected chi connectivity index (χ2v) is 6.02. The third-order valence-electron chi connectivity index (χ3n) is 3.20. The van der Waals surface area contributed by atoms with E-state index < -0.39 is 0 Å². The summed E-state index contributed by atoms with van der Waals surface area (Å²) in [6.45, 7) is 3.08. The summed E-state index contributed by atoms with van der Waals surface area (Å²) in [5.41, 5.74) is 0. The van der Waals surface area contributed by atoms with E-state index in [4.69, 9.17) is 4.74 Å². The molecule has 1 N–H and O–H groups in total. The number of hydrogen-bond donors (Lipinski definition) is 1. The Bertz CT molecular complexity index is 217. The molecule has 1 heterocycles. The Hall–Kier alpha value is -0.220. The van der Waals surface area contributed by atoms with Gasteiger partial charge >= 0.3 is 5.97 Å². The van der Waals surface area contributed by atoms with Crippen LogP contribution in [-0.2, 0) is 9.53 Å². The zero-order valence-electron chi connectivity index (χ0n) is 11.0. The summed E-state index contributed by atoms with van der Waals surface area (Å²) in [6, 6.07) is -0.109. The number of esters is 1. The van der Waals surface area contributed by atoms with Crippen LogP contribution >= 0.6 is 11.8 Å². The fourth-order valence-corrected chi connectivity index (χ4v) is 3.35. The number of carbonyl (C=O) groups is 1. The number of ether oxygens (including phenoxy) is 1. The molecule has 1 aliphatic heterocycles. The van der Waals surface area contributed by atoms with E-state index in [1.807, 2.05) is 11.8 Å². The molecular formula is C13H25NO2S. The summed E-state index contributed by atoms with van der Waals surface area (Å²) in [5.74, 6) is 1.16. The Morgan fingerprint density at radius 3 is 2.94 bits per heavy atom. The molecule has 0 aromatic rings. The molecule has 0 radical (unpaired) electrons. The molecular weight excluding hydrogens is 234 g/mol. The van der Waals surface area contributed by atoms with Gasteiger partial charge in [0.05, 0.1) is 7.11 Å². The molecule has 0 spiro atoms. The monoisotopic (exact) mass is 259 g/mol. The summed E-state index contributed by atoms with van der Waals surface area (Å²) in [7, 11) is 1.47. The van der Waals surface area contributed by atoms with Crippen LogP contribution < -0.4 is 5.32 Å². The quantitative estimate of drug-likeness (QED) is 0.713. The van der Waals surface area contributed by atoms with Gasteiger partial charge in [-0.05, 0) is 25.0 Å². The second kappa shape index (κ2) is 8.81. The number of methoxy groups -OCH3 is 1. The molecule has 1 saturated heterocycles. The van der Waals surface area contributed by atoms with Crippen molar-refractivity contribution in [1.29, 1.82) is 0 Å². The van der Waals surface area contributed by atoms with Gasteiger partial charge in [-0.1, -0.05) is 26.2 Å². The number of rotatable bonds is 7. The third-order valence-corrected chi connectivity index (χ3v) is 4.60. The molecule has 2 atom stereocenters. The van der Waals surface area contributed by atoms with Crippen LogP contribution in [0.1, 0.15) is 45.4 Å². The lowest BCUT2D eigenvalue weighted by Gasteiger charge is -2.24. The van der Waals surface area contributed by atoms with Gasteiger partial charge in [-0.25, -0.2) is 0 Å². The maximum absolute atomic E-state index is 11.6. The van der Waals surface area contributed by atoms with Gasteiger partial charge in [-0.3, -0.25) is 4.79 Å². The molecule has 0 saturated carbocycles. The van der Waals surface area contributed by atoms with Gasteiger partial charge in [0.1, 0.15) is 6.04 Å². The first-order chi connectivity index (χ1) is 8.27. The average Bonchev–Trinajstić information content (AvgIpc) is 2.39. The van der Waals surface area contributed by atoms with E-state index >= 15 is 0 Å². The Morgan fingerprint density at radius 1 is 1.53 bits per heavy atom. The van der Waals surface area contributed by atoms with Crippen LogP contribution in [0.4, 0.5) is 0 Å². The summed E-state index contributed by atoms with van der Waals surface area (Å²) < 4.78 is 4.84. The van der Waals surface area contributed by atoms with Crippen LogP contribution in [0.2, 0.25) is 0 Å². The number of nitrogens with one attached hydrogen (secondary N) is 1. The van der Waals surface area contributed by atoms with E-state index in [0.717, 1.165) is 25.8 Å². The average molecular weight is 259 g/mol. The van der Waals surface area contributed by atoms with Gasteiger partial charge in [0.15, 0.2) is 0 Å². The first-order valence-corrected chi connectivity index (χ1v) is 7.75. The van der Waals surface area contributed by atoms with Crippen molar-refractivity contribution in [3.05, 3.63) is 0 Å². The van der Waals surface area contributed by atoms with Crippen molar-refractivity contribution in [2.24, 2.45) is 0 Å². The summed E-state index contributed by atoms with van der Waals surface area (Å²) >= 11 is 2.03. The highest BCUT2D eigenvalue weighted by Gasteiger charge is 2.20. The fourth-order valence-electron chi connectivity index (χ4n) is 2.10. The molecule has 1 fully saturated rings. The zero-order chi connectivity index (χ0) is 12.5. The Morgan fingerprint density at radius 2 is 2.35 bits per heavy atom. The standard InChI is InChI=1S/C13H25NO2S/c1-3-4-8-12(13(15)16-2)14-10-11-7-5-6-9-17-11/h11-12,14H,3-10H2,1-2H3. The van der Waals surface area contributed by atoms with E-state index in [1.54, 1.807) is 0 Å². The van der Waals surface area contributed by atoms with Gasteiger partial charge in [0.2, 0.25) is 0 Å². The topological polar surface area (TPSA) is 38.3 Å². The minimum Gasteiger partial charge on any atom is -0.468 e. The first-order valence-electron chi connectivity index (χ1n) is 6.70. The number of thioether (sulfide) groups is 1. The molecule has 17 heavy (non-hydrogen) atoms. The fraction of sp³-hybridized carbons (Fsp3) is 0.923. The van der Waals surface area contributed by atoms with Crippen LogP contribution in [0.3, 0.4) is 0 Å². The number of unbranched alkanes of at least 4 members (excludes halogenated alkanes) is 1. The lowest BCUT2D eigenvalue weighted by atomic mass is 10.1. The highest BCUT2D eigenvalue weighted by Crippen LogP contribution is 2.24. The smallest absolute Gasteiger partial charge is 0.322 e. The van der Waals surface area contributed by atoms with E-state index in [2.05, 4.69) is 12.2 Å². The van der Waals surface area contributed by atoms with Crippen molar-refractivity contribution >= 4 is 17.7 Å².